The van der Waals surface area contributed by atoms with Gasteiger partial charge in [0.05, 0.1) is 0 Å². The second kappa shape index (κ2) is 9.76. The number of hydrogen-bond donors (Lipinski definition) is 0. The SMILES string of the molecule is O=C([O-])CCCC(=O)[O-].[Al+2][Cl]. The fraction of sp³-hybridized carbons (Fsp3) is 0.600. The van der Waals surface area contributed by atoms with Crippen molar-refractivity contribution in [2.24, 2.45) is 0 Å². The Morgan fingerprint density at radius 2 is 1.36 bits per heavy atom. The van der Waals surface area contributed by atoms with Crippen molar-refractivity contribution in [2.45, 2.75) is 19.3 Å². The Hall–Kier alpha value is -0.238. The molecule has 0 aliphatic rings. The Labute approximate surface area is 76.8 Å². The van der Waals surface area contributed by atoms with Gasteiger partial charge in [-0.15, -0.1) is 0 Å². The number of carboxylic acid groups (broad SMARTS) is 2. The van der Waals surface area contributed by atoms with Crippen molar-refractivity contribution >= 4 is 37.4 Å². The van der Waals surface area contributed by atoms with Gasteiger partial charge < -0.3 is 19.8 Å². The summed E-state index contributed by atoms with van der Waals surface area (Å²) in [6.45, 7) is 0. The van der Waals surface area contributed by atoms with Crippen LogP contribution < -0.4 is 10.2 Å². The second-order valence-corrected chi connectivity index (χ2v) is 1.60. The van der Waals surface area contributed by atoms with E-state index in [0.29, 0.717) is 0 Å². The molecule has 0 aromatic heterocycles. The minimum atomic E-state index is -1.23. The third-order valence-electron chi connectivity index (χ3n) is 0.762. The summed E-state index contributed by atoms with van der Waals surface area (Å²) in [6, 6.07) is 0. The monoisotopic (exact) mass is 192 g/mol. The van der Waals surface area contributed by atoms with Gasteiger partial charge in [-0.3, -0.25) is 0 Å². The molecule has 0 aliphatic heterocycles. The average molecular weight is 193 g/mol. The molecule has 60 valence electrons. The Balaban J connectivity index is 0. The van der Waals surface area contributed by atoms with Crippen molar-refractivity contribution in [1.82, 2.24) is 0 Å². The number of rotatable bonds is 4. The first-order valence-corrected chi connectivity index (χ1v) is 4.49. The standard InChI is InChI=1S/C5H8O4.Al.ClH/c6-4(7)2-1-3-5(8)9;;/h1-3H2,(H,6,7)(H,8,9);;1H/q;+3;/p-3. The van der Waals surface area contributed by atoms with Crippen LogP contribution in [0, 0.1) is 0 Å². The van der Waals surface area contributed by atoms with Crippen LogP contribution in [-0.4, -0.2) is 27.3 Å². The summed E-state index contributed by atoms with van der Waals surface area (Å²) in [4.78, 5) is 19.3. The molecule has 0 atom stereocenters. The summed E-state index contributed by atoms with van der Waals surface area (Å²) in [5.41, 5.74) is 0. The van der Waals surface area contributed by atoms with Crippen LogP contribution in [0.25, 0.3) is 0 Å². The van der Waals surface area contributed by atoms with Crippen LogP contribution in [0.2, 0.25) is 0 Å². The van der Waals surface area contributed by atoms with Crippen molar-refractivity contribution in [3.8, 4) is 0 Å². The van der Waals surface area contributed by atoms with E-state index in [-0.39, 0.29) is 19.3 Å². The topological polar surface area (TPSA) is 80.3 Å². The number of carbonyl (C=O) groups excluding carboxylic acids is 2. The maximum absolute atomic E-state index is 9.66. The number of carbonyl (C=O) groups is 2. The molecule has 0 amide bonds. The summed E-state index contributed by atoms with van der Waals surface area (Å²) in [7, 11) is 4.56. The number of hydrogen-bond acceptors (Lipinski definition) is 4. The summed E-state index contributed by atoms with van der Waals surface area (Å²) in [5.74, 6) is -2.45. The van der Waals surface area contributed by atoms with Crippen molar-refractivity contribution in [2.75, 3.05) is 0 Å². The molecule has 0 N–H and O–H groups in total. The van der Waals surface area contributed by atoms with Gasteiger partial charge in [0, 0.05) is 11.9 Å². The zero-order chi connectivity index (χ0) is 9.28. The Morgan fingerprint density at radius 1 is 1.09 bits per heavy atom. The molecule has 0 bridgehead atoms. The van der Waals surface area contributed by atoms with Gasteiger partial charge >= 0.3 is 25.4 Å². The van der Waals surface area contributed by atoms with Crippen molar-refractivity contribution in [1.29, 1.82) is 0 Å². The van der Waals surface area contributed by atoms with E-state index in [1.165, 1.54) is 0 Å². The molecule has 0 heterocycles. The van der Waals surface area contributed by atoms with Crippen LogP contribution in [0.3, 0.4) is 0 Å². The summed E-state index contributed by atoms with van der Waals surface area (Å²) < 4.78 is 0. The zero-order valence-corrected chi connectivity index (χ0v) is 7.62. The van der Waals surface area contributed by atoms with E-state index in [0.717, 1.165) is 0 Å². The Kier molecular flexibility index (Phi) is 11.9. The fourth-order valence-corrected chi connectivity index (χ4v) is 0.377. The third kappa shape index (κ3) is 17.7. The van der Waals surface area contributed by atoms with E-state index < -0.39 is 11.9 Å². The van der Waals surface area contributed by atoms with E-state index in [1.807, 2.05) is 15.4 Å². The van der Waals surface area contributed by atoms with Gasteiger partial charge in [-0.1, -0.05) is 0 Å². The van der Waals surface area contributed by atoms with Crippen LogP contribution in [0.5, 0.6) is 0 Å². The quantitative estimate of drug-likeness (QED) is 0.481. The number of aliphatic carboxylic acids is 2. The molecule has 0 aromatic rings. The van der Waals surface area contributed by atoms with E-state index in [2.05, 4.69) is 10.0 Å². The van der Waals surface area contributed by atoms with Crippen LogP contribution in [-0.2, 0) is 9.59 Å². The van der Waals surface area contributed by atoms with E-state index in [9.17, 15) is 19.8 Å². The third-order valence-corrected chi connectivity index (χ3v) is 0.762. The molecular weight excluding hydrogens is 186 g/mol. The van der Waals surface area contributed by atoms with Crippen molar-refractivity contribution in [3.05, 3.63) is 0 Å². The van der Waals surface area contributed by atoms with Crippen molar-refractivity contribution < 1.29 is 19.8 Å². The van der Waals surface area contributed by atoms with Gasteiger partial charge in [0.1, 0.15) is 0 Å². The molecule has 0 fully saturated rings. The number of carboxylic acids is 2. The predicted molar refractivity (Wildman–Crippen MR) is 35.5 cm³/mol. The molecule has 0 aromatic carbocycles. The summed E-state index contributed by atoms with van der Waals surface area (Å²) in [6.07, 6.45) is -0.341. The normalized spacial score (nSPS) is 7.91. The van der Waals surface area contributed by atoms with E-state index in [4.69, 9.17) is 0 Å². The van der Waals surface area contributed by atoms with Gasteiger partial charge in [-0.05, 0) is 19.3 Å². The van der Waals surface area contributed by atoms with Gasteiger partial charge in [0.15, 0.2) is 0 Å². The second-order valence-electron chi connectivity index (χ2n) is 1.60. The molecule has 0 saturated heterocycles. The summed E-state index contributed by atoms with van der Waals surface area (Å²) in [5, 5.41) is 19.3. The first-order valence-electron chi connectivity index (χ1n) is 2.74. The molecule has 0 rings (SSSR count). The van der Waals surface area contributed by atoms with E-state index >= 15 is 0 Å². The molecular formula is C5H6AlClO4. The molecule has 0 radical (unpaired) electrons. The minimum absolute atomic E-state index is 0.0880. The molecule has 0 unspecified atom stereocenters. The van der Waals surface area contributed by atoms with Crippen molar-refractivity contribution in [3.63, 3.8) is 0 Å². The Morgan fingerprint density at radius 3 is 1.55 bits per heavy atom. The fourth-order valence-electron chi connectivity index (χ4n) is 0.377. The van der Waals surface area contributed by atoms with Crippen LogP contribution >= 0.6 is 10.0 Å². The van der Waals surface area contributed by atoms with Gasteiger partial charge in [0.25, 0.3) is 0 Å². The molecule has 6 heteroatoms. The number of halogens is 1. The summed E-state index contributed by atoms with van der Waals surface area (Å²) >= 11 is 1.89. The van der Waals surface area contributed by atoms with E-state index in [1.54, 1.807) is 0 Å². The van der Waals surface area contributed by atoms with Crippen LogP contribution in [0.1, 0.15) is 19.3 Å². The molecule has 0 aliphatic carbocycles. The molecule has 4 nitrogen and oxygen atoms in total. The van der Waals surface area contributed by atoms with Crippen LogP contribution in [0.15, 0.2) is 0 Å². The zero-order valence-electron chi connectivity index (χ0n) is 5.71. The molecule has 0 spiro atoms. The predicted octanol–water partition coefficient (Wildman–Crippen LogP) is -2.03. The molecule has 11 heavy (non-hydrogen) atoms. The van der Waals surface area contributed by atoms with Gasteiger partial charge in [0.2, 0.25) is 0 Å². The Bertz CT molecular complexity index is 114. The van der Waals surface area contributed by atoms with Gasteiger partial charge in [-0.25, -0.2) is 0 Å². The first kappa shape index (κ1) is 13.4. The maximum atomic E-state index is 9.66. The first-order chi connectivity index (χ1) is 5.13. The average Bonchev–Trinajstić information content (AvgIpc) is 1.90. The van der Waals surface area contributed by atoms with Crippen LogP contribution in [0.4, 0.5) is 0 Å². The molecule has 0 saturated carbocycles. The van der Waals surface area contributed by atoms with Gasteiger partial charge in [-0.2, -0.15) is 0 Å².